The number of nitrogens with zero attached hydrogens (tertiary/aromatic N) is 1. The van der Waals surface area contributed by atoms with E-state index in [0.29, 0.717) is 25.5 Å². The highest BCUT2D eigenvalue weighted by Crippen LogP contribution is 2.28. The first-order chi connectivity index (χ1) is 12.5. The smallest absolute Gasteiger partial charge is 0.410 e. The lowest BCUT2D eigenvalue weighted by molar-refractivity contribution is -0.147. The molecule has 0 aliphatic carbocycles. The molecule has 8 heteroatoms. The number of aliphatic carboxylic acids is 1. The summed E-state index contributed by atoms with van der Waals surface area (Å²) in [5.74, 6) is -4.26. The lowest BCUT2D eigenvalue weighted by atomic mass is 9.89. The topological polar surface area (TPSA) is 87.1 Å². The third kappa shape index (κ3) is 5.63. The van der Waals surface area contributed by atoms with Crippen LogP contribution in [0.1, 0.15) is 39.2 Å². The third-order valence-corrected chi connectivity index (χ3v) is 4.43. The molecule has 0 spiro atoms. The predicted molar refractivity (Wildman–Crippen MR) is 93.2 cm³/mol. The maximum absolute atomic E-state index is 13.4. The number of carboxylic acids is 1. The van der Waals surface area contributed by atoms with Gasteiger partial charge < -0.3 is 19.8 Å². The zero-order valence-electron chi connectivity index (χ0n) is 15.6. The molecule has 1 aromatic rings. The number of benzene rings is 1. The summed E-state index contributed by atoms with van der Waals surface area (Å²) >= 11 is 0. The van der Waals surface area contributed by atoms with E-state index >= 15 is 0 Å². The molecule has 150 valence electrons. The Morgan fingerprint density at radius 2 is 1.85 bits per heavy atom. The minimum absolute atomic E-state index is 0.126. The summed E-state index contributed by atoms with van der Waals surface area (Å²) in [6.07, 6.45) is -1.26. The van der Waals surface area contributed by atoms with E-state index in [9.17, 15) is 28.6 Å². The number of aliphatic hydroxyl groups is 1. The van der Waals surface area contributed by atoms with Gasteiger partial charge in [0.25, 0.3) is 0 Å². The molecular formula is C19H25F2NO5. The second-order valence-electron chi connectivity index (χ2n) is 7.80. The SMILES string of the molecule is CC(C)(C)OC(=O)N1CCC[C@@H]1[C@@H](O)[C@H](Cc1cc(F)cc(F)c1)C(=O)O. The first-order valence-corrected chi connectivity index (χ1v) is 8.83. The molecule has 1 fully saturated rings. The zero-order valence-corrected chi connectivity index (χ0v) is 15.6. The summed E-state index contributed by atoms with van der Waals surface area (Å²) in [4.78, 5) is 25.4. The van der Waals surface area contributed by atoms with E-state index in [4.69, 9.17) is 4.74 Å². The van der Waals surface area contributed by atoms with Gasteiger partial charge >= 0.3 is 12.1 Å². The Bertz CT molecular complexity index is 684. The third-order valence-electron chi connectivity index (χ3n) is 4.43. The van der Waals surface area contributed by atoms with E-state index in [1.54, 1.807) is 20.8 Å². The van der Waals surface area contributed by atoms with Gasteiger partial charge in [0.15, 0.2) is 0 Å². The summed E-state index contributed by atoms with van der Waals surface area (Å²) in [5.41, 5.74) is -0.596. The van der Waals surface area contributed by atoms with Gasteiger partial charge in [-0.05, 0) is 57.7 Å². The Hall–Kier alpha value is -2.22. The molecular weight excluding hydrogens is 360 g/mol. The minimum atomic E-state index is -1.40. The summed E-state index contributed by atoms with van der Waals surface area (Å²) in [6, 6.07) is 2.02. The number of carbonyl (C=O) groups excluding carboxylic acids is 1. The molecule has 1 saturated heterocycles. The van der Waals surface area contributed by atoms with Gasteiger partial charge in [0, 0.05) is 12.6 Å². The van der Waals surface area contributed by atoms with Crippen LogP contribution >= 0.6 is 0 Å². The molecule has 27 heavy (non-hydrogen) atoms. The first-order valence-electron chi connectivity index (χ1n) is 8.83. The Morgan fingerprint density at radius 3 is 2.37 bits per heavy atom. The Balaban J connectivity index is 2.18. The number of rotatable bonds is 5. The summed E-state index contributed by atoms with van der Waals surface area (Å²) in [5, 5.41) is 20.2. The number of carbonyl (C=O) groups is 2. The van der Waals surface area contributed by atoms with Crippen LogP contribution in [-0.4, -0.2) is 51.5 Å². The monoisotopic (exact) mass is 385 g/mol. The van der Waals surface area contributed by atoms with Gasteiger partial charge in [-0.3, -0.25) is 4.79 Å². The van der Waals surface area contributed by atoms with Crippen molar-refractivity contribution in [2.45, 2.75) is 57.8 Å². The highest BCUT2D eigenvalue weighted by Gasteiger charge is 2.41. The van der Waals surface area contributed by atoms with Crippen molar-refractivity contribution in [3.05, 3.63) is 35.4 Å². The Labute approximate surface area is 156 Å². The van der Waals surface area contributed by atoms with Crippen molar-refractivity contribution in [2.75, 3.05) is 6.54 Å². The van der Waals surface area contributed by atoms with Gasteiger partial charge in [0.05, 0.1) is 18.1 Å². The van der Waals surface area contributed by atoms with E-state index < -0.39 is 47.4 Å². The molecule has 1 heterocycles. The number of likely N-dealkylation sites (tertiary alicyclic amines) is 1. The van der Waals surface area contributed by atoms with Crippen LogP contribution in [0.2, 0.25) is 0 Å². The number of halogens is 2. The number of amides is 1. The molecule has 0 unspecified atom stereocenters. The lowest BCUT2D eigenvalue weighted by Gasteiger charge is -2.33. The van der Waals surface area contributed by atoms with Crippen LogP contribution in [0.15, 0.2) is 18.2 Å². The average Bonchev–Trinajstić information content (AvgIpc) is 2.98. The van der Waals surface area contributed by atoms with Gasteiger partial charge in [0.1, 0.15) is 17.2 Å². The molecule has 1 amide bonds. The van der Waals surface area contributed by atoms with Gasteiger partial charge in [-0.25, -0.2) is 13.6 Å². The molecule has 0 bridgehead atoms. The van der Waals surface area contributed by atoms with Crippen LogP contribution in [0, 0.1) is 17.6 Å². The van der Waals surface area contributed by atoms with E-state index in [1.807, 2.05) is 0 Å². The van der Waals surface area contributed by atoms with Crippen molar-refractivity contribution in [3.63, 3.8) is 0 Å². The summed E-state index contributed by atoms with van der Waals surface area (Å²) < 4.78 is 32.1. The average molecular weight is 385 g/mol. The van der Waals surface area contributed by atoms with Crippen LogP contribution in [0.4, 0.5) is 13.6 Å². The Kier molecular flexibility index (Phi) is 6.41. The number of carboxylic acid groups (broad SMARTS) is 1. The van der Waals surface area contributed by atoms with Gasteiger partial charge in [-0.15, -0.1) is 0 Å². The molecule has 3 atom stereocenters. The second-order valence-corrected chi connectivity index (χ2v) is 7.80. The minimum Gasteiger partial charge on any atom is -0.481 e. The van der Waals surface area contributed by atoms with Gasteiger partial charge in [-0.1, -0.05) is 0 Å². The number of ether oxygens (including phenoxy) is 1. The quantitative estimate of drug-likeness (QED) is 0.814. The van der Waals surface area contributed by atoms with Crippen LogP contribution in [0.25, 0.3) is 0 Å². The normalized spacial score (nSPS) is 19.6. The van der Waals surface area contributed by atoms with Crippen molar-refractivity contribution in [3.8, 4) is 0 Å². The second kappa shape index (κ2) is 8.21. The van der Waals surface area contributed by atoms with Crippen LogP contribution < -0.4 is 0 Å². The first kappa shape index (κ1) is 21.1. The fourth-order valence-electron chi connectivity index (χ4n) is 3.30. The maximum Gasteiger partial charge on any atom is 0.410 e. The van der Waals surface area contributed by atoms with Crippen LogP contribution in [0.3, 0.4) is 0 Å². The molecule has 1 aromatic carbocycles. The lowest BCUT2D eigenvalue weighted by Crippen LogP contribution is -2.49. The maximum atomic E-state index is 13.4. The van der Waals surface area contributed by atoms with E-state index in [0.717, 1.165) is 12.1 Å². The largest absolute Gasteiger partial charge is 0.481 e. The fourth-order valence-corrected chi connectivity index (χ4v) is 3.30. The van der Waals surface area contributed by atoms with E-state index in [2.05, 4.69) is 0 Å². The standard InChI is InChI=1S/C19H25F2NO5/c1-19(2,3)27-18(26)22-6-4-5-15(22)16(23)14(17(24)25)9-11-7-12(20)10-13(21)8-11/h7-8,10,14-16,23H,4-6,9H2,1-3H3,(H,24,25)/t14-,15+,16-/m0/s1. The molecule has 2 rings (SSSR count). The molecule has 1 aliphatic rings. The molecule has 6 nitrogen and oxygen atoms in total. The van der Waals surface area contributed by atoms with Crippen molar-refractivity contribution in [1.29, 1.82) is 0 Å². The predicted octanol–water partition coefficient (Wildman–Crippen LogP) is 2.97. The number of hydrogen-bond donors (Lipinski definition) is 2. The van der Waals surface area contributed by atoms with Crippen molar-refractivity contribution >= 4 is 12.1 Å². The van der Waals surface area contributed by atoms with Crippen LogP contribution in [0.5, 0.6) is 0 Å². The van der Waals surface area contributed by atoms with Crippen molar-refractivity contribution in [1.82, 2.24) is 4.90 Å². The van der Waals surface area contributed by atoms with E-state index in [-0.39, 0.29) is 12.0 Å². The molecule has 0 radical (unpaired) electrons. The zero-order chi connectivity index (χ0) is 20.4. The number of hydrogen-bond acceptors (Lipinski definition) is 4. The number of aliphatic hydroxyl groups excluding tert-OH is 1. The molecule has 1 aliphatic heterocycles. The van der Waals surface area contributed by atoms with E-state index in [1.165, 1.54) is 4.90 Å². The molecule has 0 saturated carbocycles. The van der Waals surface area contributed by atoms with Crippen LogP contribution in [-0.2, 0) is 16.0 Å². The molecule has 2 N–H and O–H groups in total. The highest BCUT2D eigenvalue weighted by molar-refractivity contribution is 5.72. The van der Waals surface area contributed by atoms with Gasteiger partial charge in [-0.2, -0.15) is 0 Å². The van der Waals surface area contributed by atoms with Crippen molar-refractivity contribution < 1.29 is 33.3 Å². The van der Waals surface area contributed by atoms with Gasteiger partial charge in [0.2, 0.25) is 0 Å². The Morgan fingerprint density at radius 1 is 1.26 bits per heavy atom. The van der Waals surface area contributed by atoms with Crippen molar-refractivity contribution in [2.24, 2.45) is 5.92 Å². The summed E-state index contributed by atoms with van der Waals surface area (Å²) in [6.45, 7) is 5.48. The summed E-state index contributed by atoms with van der Waals surface area (Å²) in [7, 11) is 0. The molecule has 0 aromatic heterocycles. The fraction of sp³-hybridized carbons (Fsp3) is 0.579. The highest BCUT2D eigenvalue weighted by atomic mass is 19.1.